The Hall–Kier alpha value is -3.56. The number of nitrogens with zero attached hydrogens (tertiary/aromatic N) is 3. The normalized spacial score (nSPS) is 13.2. The Morgan fingerprint density at radius 2 is 1.94 bits per heavy atom. The highest BCUT2D eigenvalue weighted by Crippen LogP contribution is 2.33. The number of benzene rings is 2. The number of carbonyl (C=O) groups excluding carboxylic acids is 1. The summed E-state index contributed by atoms with van der Waals surface area (Å²) in [5.41, 5.74) is 1.41. The van der Waals surface area contributed by atoms with Crippen LogP contribution in [0, 0.1) is 5.82 Å². The maximum absolute atomic E-state index is 13.1. The topological polar surface area (TPSA) is 77.7 Å². The highest BCUT2D eigenvalue weighted by molar-refractivity contribution is 5.77. The Balaban J connectivity index is 1.33. The van der Waals surface area contributed by atoms with Crippen LogP contribution >= 0.6 is 0 Å². The molecule has 1 aliphatic carbocycles. The second-order valence-corrected chi connectivity index (χ2v) is 7.99. The van der Waals surface area contributed by atoms with E-state index in [0.717, 1.165) is 18.4 Å². The number of alkyl halides is 2. The van der Waals surface area contributed by atoms with Crippen LogP contribution in [0.5, 0.6) is 11.5 Å². The molecule has 2 aromatic carbocycles. The van der Waals surface area contributed by atoms with Gasteiger partial charge in [0, 0.05) is 31.0 Å². The maximum Gasteiger partial charge on any atom is 0.387 e. The van der Waals surface area contributed by atoms with Gasteiger partial charge in [-0.05, 0) is 61.2 Å². The van der Waals surface area contributed by atoms with Gasteiger partial charge >= 0.3 is 6.61 Å². The van der Waals surface area contributed by atoms with E-state index in [9.17, 15) is 18.0 Å². The van der Waals surface area contributed by atoms with E-state index in [0.29, 0.717) is 43.1 Å². The molecule has 7 nitrogen and oxygen atoms in total. The van der Waals surface area contributed by atoms with E-state index in [2.05, 4.69) is 14.9 Å². The van der Waals surface area contributed by atoms with Crippen LogP contribution < -0.4 is 9.47 Å². The minimum atomic E-state index is -2.95. The van der Waals surface area contributed by atoms with Crippen LogP contribution in [0.15, 0.2) is 47.0 Å². The lowest BCUT2D eigenvalue weighted by atomic mass is 10.1. The van der Waals surface area contributed by atoms with Crippen molar-refractivity contribution in [2.24, 2.45) is 0 Å². The Bertz CT molecular complexity index is 1120. The average Bonchev–Trinajstić information content (AvgIpc) is 3.55. The van der Waals surface area contributed by atoms with E-state index >= 15 is 0 Å². The van der Waals surface area contributed by atoms with Gasteiger partial charge in [0.05, 0.1) is 7.11 Å². The van der Waals surface area contributed by atoms with Crippen LogP contribution in [-0.2, 0) is 17.8 Å². The van der Waals surface area contributed by atoms with Gasteiger partial charge in [-0.2, -0.15) is 13.8 Å². The molecule has 0 radical (unpaired) electrons. The van der Waals surface area contributed by atoms with Crippen LogP contribution in [0.2, 0.25) is 0 Å². The van der Waals surface area contributed by atoms with Crippen LogP contribution in [0.1, 0.15) is 37.1 Å². The van der Waals surface area contributed by atoms with Gasteiger partial charge in [-0.1, -0.05) is 11.2 Å². The molecule has 3 aromatic rings. The van der Waals surface area contributed by atoms with Crippen molar-refractivity contribution in [2.45, 2.75) is 51.3 Å². The number of aryl methyl sites for hydroxylation is 1. The zero-order valence-corrected chi connectivity index (χ0v) is 18.5. The van der Waals surface area contributed by atoms with Gasteiger partial charge in [0.15, 0.2) is 11.5 Å². The number of halogens is 3. The summed E-state index contributed by atoms with van der Waals surface area (Å²) in [7, 11) is 1.38. The van der Waals surface area contributed by atoms with Gasteiger partial charge in [0.25, 0.3) is 0 Å². The molecule has 4 rings (SSSR count). The summed E-state index contributed by atoms with van der Waals surface area (Å²) in [4.78, 5) is 19.0. The Morgan fingerprint density at radius 1 is 1.18 bits per heavy atom. The second kappa shape index (κ2) is 10.6. The first kappa shape index (κ1) is 23.6. The van der Waals surface area contributed by atoms with Crippen LogP contribution in [0.3, 0.4) is 0 Å². The molecule has 180 valence electrons. The molecule has 1 heterocycles. The monoisotopic (exact) mass is 475 g/mol. The highest BCUT2D eigenvalue weighted by Gasteiger charge is 2.32. The number of rotatable bonds is 11. The van der Waals surface area contributed by atoms with Gasteiger partial charge in [-0.15, -0.1) is 0 Å². The van der Waals surface area contributed by atoms with Crippen molar-refractivity contribution in [1.82, 2.24) is 15.0 Å². The first-order chi connectivity index (χ1) is 16.4. The van der Waals surface area contributed by atoms with Crippen molar-refractivity contribution in [3.8, 4) is 22.9 Å². The Labute approximate surface area is 194 Å². The highest BCUT2D eigenvalue weighted by atomic mass is 19.3. The lowest BCUT2D eigenvalue weighted by Crippen LogP contribution is -2.32. The molecule has 0 atom stereocenters. The number of methoxy groups -OCH3 is 1. The first-order valence-electron chi connectivity index (χ1n) is 10.9. The van der Waals surface area contributed by atoms with Crippen LogP contribution in [0.4, 0.5) is 13.2 Å². The predicted molar refractivity (Wildman–Crippen MR) is 116 cm³/mol. The number of aromatic nitrogens is 2. The largest absolute Gasteiger partial charge is 0.493 e. The third-order valence-electron chi connectivity index (χ3n) is 5.46. The molecule has 1 fully saturated rings. The third kappa shape index (κ3) is 6.06. The predicted octanol–water partition coefficient (Wildman–Crippen LogP) is 5.00. The van der Waals surface area contributed by atoms with Crippen molar-refractivity contribution in [2.75, 3.05) is 7.11 Å². The maximum atomic E-state index is 13.1. The van der Waals surface area contributed by atoms with E-state index in [1.807, 2.05) is 0 Å². The number of carbonyl (C=O) groups is 1. The lowest BCUT2D eigenvalue weighted by molar-refractivity contribution is -0.132. The van der Waals surface area contributed by atoms with E-state index in [1.54, 1.807) is 29.2 Å². The van der Waals surface area contributed by atoms with Crippen molar-refractivity contribution in [3.05, 3.63) is 59.7 Å². The Morgan fingerprint density at radius 3 is 2.62 bits per heavy atom. The molecule has 1 amide bonds. The molecule has 10 heteroatoms. The second-order valence-electron chi connectivity index (χ2n) is 7.99. The quantitative estimate of drug-likeness (QED) is 0.389. The first-order valence-corrected chi connectivity index (χ1v) is 10.9. The number of ether oxygens (including phenoxy) is 2. The lowest BCUT2D eigenvalue weighted by Gasteiger charge is -2.23. The van der Waals surface area contributed by atoms with Gasteiger partial charge in [0.1, 0.15) is 5.82 Å². The van der Waals surface area contributed by atoms with E-state index < -0.39 is 6.61 Å². The summed E-state index contributed by atoms with van der Waals surface area (Å²) in [6.07, 6.45) is 3.12. The van der Waals surface area contributed by atoms with E-state index in [4.69, 9.17) is 9.26 Å². The number of hydrogen-bond acceptors (Lipinski definition) is 6. The zero-order chi connectivity index (χ0) is 24.1. The van der Waals surface area contributed by atoms with E-state index in [1.165, 1.54) is 25.3 Å². The third-order valence-corrected chi connectivity index (χ3v) is 5.46. The fraction of sp³-hybridized carbons (Fsp3) is 0.375. The van der Waals surface area contributed by atoms with Gasteiger partial charge in [-0.25, -0.2) is 4.39 Å². The number of amides is 1. The summed E-state index contributed by atoms with van der Waals surface area (Å²) in [6.45, 7) is -2.60. The molecular weight excluding hydrogens is 451 g/mol. The fourth-order valence-corrected chi connectivity index (χ4v) is 3.61. The average molecular weight is 475 g/mol. The molecule has 1 aliphatic rings. The van der Waals surface area contributed by atoms with Gasteiger partial charge < -0.3 is 18.9 Å². The number of hydrogen-bond donors (Lipinski definition) is 0. The molecule has 0 N–H and O–H groups in total. The standard InChI is InChI=1S/C24H24F3N3O4/c1-32-20-13-15(5-12-19(20)33-24(26)27)14-30(18-10-11-18)22(31)4-2-3-21-28-23(29-34-21)16-6-8-17(25)9-7-16/h5-9,12-13,18,24H,2-4,10-11,14H2,1H3. The minimum Gasteiger partial charge on any atom is -0.493 e. The minimum absolute atomic E-state index is 0.00681. The van der Waals surface area contributed by atoms with Crippen LogP contribution in [-0.4, -0.2) is 40.7 Å². The molecular formula is C24H24F3N3O4. The zero-order valence-electron chi connectivity index (χ0n) is 18.5. The molecule has 1 saturated carbocycles. The van der Waals surface area contributed by atoms with Crippen molar-refractivity contribution in [3.63, 3.8) is 0 Å². The summed E-state index contributed by atoms with van der Waals surface area (Å²) in [6, 6.07) is 10.6. The molecule has 0 bridgehead atoms. The molecule has 0 unspecified atom stereocenters. The van der Waals surface area contributed by atoms with Gasteiger partial charge in [-0.3, -0.25) is 4.79 Å². The van der Waals surface area contributed by atoms with E-state index in [-0.39, 0.29) is 29.3 Å². The van der Waals surface area contributed by atoms with Crippen molar-refractivity contribution < 1.29 is 32.0 Å². The fourth-order valence-electron chi connectivity index (χ4n) is 3.61. The van der Waals surface area contributed by atoms with Crippen LogP contribution in [0.25, 0.3) is 11.4 Å². The smallest absolute Gasteiger partial charge is 0.387 e. The summed E-state index contributed by atoms with van der Waals surface area (Å²) < 4.78 is 53.0. The summed E-state index contributed by atoms with van der Waals surface area (Å²) in [5, 5.41) is 3.91. The Kier molecular flexibility index (Phi) is 7.34. The van der Waals surface area contributed by atoms with Gasteiger partial charge in [0.2, 0.25) is 17.6 Å². The van der Waals surface area contributed by atoms with Crippen molar-refractivity contribution >= 4 is 5.91 Å². The molecule has 0 aliphatic heterocycles. The summed E-state index contributed by atoms with van der Waals surface area (Å²) >= 11 is 0. The van der Waals surface area contributed by atoms with Crippen molar-refractivity contribution in [1.29, 1.82) is 0 Å². The molecule has 1 aromatic heterocycles. The SMILES string of the molecule is COc1cc(CN(C(=O)CCCc2nc(-c3ccc(F)cc3)no2)C2CC2)ccc1OC(F)F. The molecule has 0 spiro atoms. The molecule has 34 heavy (non-hydrogen) atoms. The summed E-state index contributed by atoms with van der Waals surface area (Å²) in [5.74, 6) is 0.563. The molecule has 0 saturated heterocycles.